The Balaban J connectivity index is 3.02. The van der Waals surface area contributed by atoms with Crippen LogP contribution < -0.4 is 5.56 Å². The molecule has 1 N–H and O–H groups in total. The minimum Gasteiger partial charge on any atom is -0.378 e. The molecular formula is C9H9NO2. The molecule has 1 heterocycles. The summed E-state index contributed by atoms with van der Waals surface area (Å²) in [7, 11) is 0. The zero-order valence-corrected chi connectivity index (χ0v) is 6.97. The summed E-state index contributed by atoms with van der Waals surface area (Å²) in [6.45, 7) is 3.93. The maximum atomic E-state index is 11.1. The summed E-state index contributed by atoms with van der Waals surface area (Å²) in [6, 6.07) is 3.70. The second-order valence-corrected chi connectivity index (χ2v) is 2.92. The molecule has 3 nitrogen and oxygen atoms in total. The molecule has 3 heteroatoms. The number of aromatic nitrogens is 1. The molecule has 0 spiro atoms. The van der Waals surface area contributed by atoms with Gasteiger partial charge < -0.3 is 4.52 Å². The summed E-state index contributed by atoms with van der Waals surface area (Å²) >= 11 is 0. The van der Waals surface area contributed by atoms with Crippen LogP contribution in [0.4, 0.5) is 0 Å². The highest BCUT2D eigenvalue weighted by atomic mass is 16.5. The van der Waals surface area contributed by atoms with E-state index in [9.17, 15) is 4.79 Å². The van der Waals surface area contributed by atoms with Crippen LogP contribution in [0.15, 0.2) is 21.5 Å². The molecule has 2 rings (SSSR count). The van der Waals surface area contributed by atoms with Crippen LogP contribution in [0.25, 0.3) is 11.0 Å². The van der Waals surface area contributed by atoms with Crippen LogP contribution in [0.1, 0.15) is 11.1 Å². The molecule has 12 heavy (non-hydrogen) atoms. The Morgan fingerprint density at radius 1 is 1.33 bits per heavy atom. The van der Waals surface area contributed by atoms with Gasteiger partial charge in [0.05, 0.1) is 5.39 Å². The van der Waals surface area contributed by atoms with E-state index in [-0.39, 0.29) is 5.56 Å². The average molecular weight is 163 g/mol. The molecular weight excluding hydrogens is 154 g/mol. The Bertz CT molecular complexity index is 479. The Kier molecular flexibility index (Phi) is 1.33. The van der Waals surface area contributed by atoms with Gasteiger partial charge in [0, 0.05) is 0 Å². The minimum atomic E-state index is -0.159. The third-order valence-electron chi connectivity index (χ3n) is 2.17. The number of nitrogens with one attached hydrogen (secondary N) is 1. The van der Waals surface area contributed by atoms with E-state index in [4.69, 9.17) is 4.52 Å². The molecule has 0 saturated carbocycles. The van der Waals surface area contributed by atoms with Gasteiger partial charge in [-0.15, -0.1) is 0 Å². The predicted octanol–water partition coefficient (Wildman–Crippen LogP) is 1.74. The molecule has 0 amide bonds. The van der Waals surface area contributed by atoms with Crippen molar-refractivity contribution in [2.45, 2.75) is 13.8 Å². The van der Waals surface area contributed by atoms with Crippen LogP contribution in [-0.4, -0.2) is 5.16 Å². The number of hydrogen-bond donors (Lipinski definition) is 1. The highest BCUT2D eigenvalue weighted by molar-refractivity contribution is 5.79. The third-order valence-corrected chi connectivity index (χ3v) is 2.17. The van der Waals surface area contributed by atoms with Crippen molar-refractivity contribution in [1.29, 1.82) is 0 Å². The quantitative estimate of drug-likeness (QED) is 0.643. The van der Waals surface area contributed by atoms with Crippen LogP contribution in [0.3, 0.4) is 0 Å². The van der Waals surface area contributed by atoms with Crippen LogP contribution >= 0.6 is 0 Å². The number of rotatable bonds is 0. The van der Waals surface area contributed by atoms with Gasteiger partial charge in [-0.2, -0.15) is 5.16 Å². The third kappa shape index (κ3) is 0.794. The van der Waals surface area contributed by atoms with E-state index in [1.807, 2.05) is 19.9 Å². The summed E-state index contributed by atoms with van der Waals surface area (Å²) in [4.78, 5) is 11.1. The first-order valence-corrected chi connectivity index (χ1v) is 3.77. The minimum absolute atomic E-state index is 0.159. The summed E-state index contributed by atoms with van der Waals surface area (Å²) in [5.41, 5.74) is 2.66. The first kappa shape index (κ1) is 7.16. The van der Waals surface area contributed by atoms with Crippen molar-refractivity contribution in [1.82, 2.24) is 5.16 Å². The fourth-order valence-corrected chi connectivity index (χ4v) is 1.25. The number of hydrogen-bond acceptors (Lipinski definition) is 2. The summed E-state index contributed by atoms with van der Waals surface area (Å²) < 4.78 is 5.02. The topological polar surface area (TPSA) is 46.0 Å². The molecule has 0 fully saturated rings. The Labute approximate surface area is 69.0 Å². The van der Waals surface area contributed by atoms with Crippen LogP contribution in [0.2, 0.25) is 0 Å². The second-order valence-electron chi connectivity index (χ2n) is 2.92. The molecule has 0 aliphatic carbocycles. The van der Waals surface area contributed by atoms with Gasteiger partial charge in [0.15, 0.2) is 5.58 Å². The smallest absolute Gasteiger partial charge is 0.287 e. The standard InChI is InChI=1S/C9H9NO2/c1-5-3-4-7-8(6(5)2)12-10-9(7)11/h3-4H,1-2H3,(H,10,11). The van der Waals surface area contributed by atoms with E-state index < -0.39 is 0 Å². The molecule has 0 unspecified atom stereocenters. The summed E-state index contributed by atoms with van der Waals surface area (Å²) in [5.74, 6) is 0. The fraction of sp³-hybridized carbons (Fsp3) is 0.222. The number of H-pyrrole nitrogens is 1. The van der Waals surface area contributed by atoms with Crippen LogP contribution in [-0.2, 0) is 0 Å². The molecule has 1 aromatic heterocycles. The van der Waals surface area contributed by atoms with Crippen molar-refractivity contribution >= 4 is 11.0 Å². The zero-order chi connectivity index (χ0) is 8.72. The maximum Gasteiger partial charge on any atom is 0.287 e. The van der Waals surface area contributed by atoms with Crippen LogP contribution in [0.5, 0.6) is 0 Å². The van der Waals surface area contributed by atoms with Crippen LogP contribution in [0, 0.1) is 13.8 Å². The summed E-state index contributed by atoms with van der Waals surface area (Å²) in [5, 5.41) is 2.94. The summed E-state index contributed by atoms with van der Waals surface area (Å²) in [6.07, 6.45) is 0. The average Bonchev–Trinajstić information content (AvgIpc) is 2.41. The van der Waals surface area contributed by atoms with Crippen molar-refractivity contribution in [3.05, 3.63) is 33.6 Å². The molecule has 0 aliphatic rings. The Morgan fingerprint density at radius 3 is 2.83 bits per heavy atom. The predicted molar refractivity (Wildman–Crippen MR) is 46.3 cm³/mol. The van der Waals surface area contributed by atoms with Crippen molar-refractivity contribution in [2.75, 3.05) is 0 Å². The van der Waals surface area contributed by atoms with Gasteiger partial charge in [-0.05, 0) is 31.0 Å². The van der Waals surface area contributed by atoms with E-state index in [2.05, 4.69) is 5.16 Å². The number of aryl methyl sites for hydroxylation is 2. The van der Waals surface area contributed by atoms with Gasteiger partial charge >= 0.3 is 0 Å². The Hall–Kier alpha value is -1.51. The SMILES string of the molecule is Cc1ccc2c(=O)[nH]oc2c1C. The first-order chi connectivity index (χ1) is 5.70. The van der Waals surface area contributed by atoms with E-state index in [1.165, 1.54) is 0 Å². The monoisotopic (exact) mass is 163 g/mol. The lowest BCUT2D eigenvalue weighted by Crippen LogP contribution is -1.96. The van der Waals surface area contributed by atoms with Gasteiger partial charge in [-0.3, -0.25) is 4.79 Å². The normalized spacial score (nSPS) is 10.8. The van der Waals surface area contributed by atoms with Gasteiger partial charge in [0.2, 0.25) is 0 Å². The van der Waals surface area contributed by atoms with Crippen molar-refractivity contribution in [3.8, 4) is 0 Å². The molecule has 62 valence electrons. The molecule has 2 aromatic rings. The first-order valence-electron chi connectivity index (χ1n) is 3.77. The molecule has 0 saturated heterocycles. The molecule has 0 bridgehead atoms. The Morgan fingerprint density at radius 2 is 2.08 bits per heavy atom. The van der Waals surface area contributed by atoms with Gasteiger partial charge in [-0.1, -0.05) is 6.07 Å². The van der Waals surface area contributed by atoms with E-state index in [0.717, 1.165) is 11.1 Å². The number of fused-ring (bicyclic) bond motifs is 1. The largest absolute Gasteiger partial charge is 0.378 e. The molecule has 0 radical (unpaired) electrons. The van der Waals surface area contributed by atoms with E-state index >= 15 is 0 Å². The zero-order valence-electron chi connectivity index (χ0n) is 6.97. The lowest BCUT2D eigenvalue weighted by atomic mass is 10.1. The van der Waals surface area contributed by atoms with E-state index in [1.54, 1.807) is 6.07 Å². The van der Waals surface area contributed by atoms with Gasteiger partial charge in [0.25, 0.3) is 5.56 Å². The highest BCUT2D eigenvalue weighted by Gasteiger charge is 2.06. The number of aromatic amines is 1. The highest BCUT2D eigenvalue weighted by Crippen LogP contribution is 2.17. The van der Waals surface area contributed by atoms with Gasteiger partial charge in [-0.25, -0.2) is 0 Å². The van der Waals surface area contributed by atoms with Gasteiger partial charge in [0.1, 0.15) is 0 Å². The maximum absolute atomic E-state index is 11.1. The second kappa shape index (κ2) is 2.24. The van der Waals surface area contributed by atoms with E-state index in [0.29, 0.717) is 11.0 Å². The molecule has 0 aliphatic heterocycles. The molecule has 1 aromatic carbocycles. The lowest BCUT2D eigenvalue weighted by Gasteiger charge is -1.96. The fourth-order valence-electron chi connectivity index (χ4n) is 1.25. The van der Waals surface area contributed by atoms with Crippen molar-refractivity contribution in [3.63, 3.8) is 0 Å². The van der Waals surface area contributed by atoms with Crippen molar-refractivity contribution < 1.29 is 4.52 Å². The number of benzene rings is 1. The molecule has 0 atom stereocenters. The lowest BCUT2D eigenvalue weighted by molar-refractivity contribution is 0.447. The van der Waals surface area contributed by atoms with Crippen molar-refractivity contribution in [2.24, 2.45) is 0 Å².